The molecule has 3 heterocycles. The van der Waals surface area contributed by atoms with Crippen LogP contribution in [-0.4, -0.2) is 15.9 Å². The van der Waals surface area contributed by atoms with Crippen LogP contribution in [0.3, 0.4) is 0 Å². The van der Waals surface area contributed by atoms with Crippen molar-refractivity contribution in [1.29, 1.82) is 0 Å². The van der Waals surface area contributed by atoms with Gasteiger partial charge in [0.2, 0.25) is 0 Å². The molecular formula is C50H62IrNO3S-. The van der Waals surface area contributed by atoms with Gasteiger partial charge < -0.3 is 9.52 Å². The van der Waals surface area contributed by atoms with Gasteiger partial charge >= 0.3 is 0 Å². The molecule has 0 bridgehead atoms. The number of nitrogens with zero attached hydrogens (tertiary/aromatic N) is 1. The normalized spacial score (nSPS) is 12.6. The summed E-state index contributed by atoms with van der Waals surface area (Å²) in [6.07, 6.45) is 7.65. The van der Waals surface area contributed by atoms with Crippen LogP contribution in [-0.2, 0) is 36.7 Å². The van der Waals surface area contributed by atoms with Crippen molar-refractivity contribution < 1.29 is 34.4 Å². The molecule has 0 saturated heterocycles. The second-order valence-corrected chi connectivity index (χ2v) is 18.4. The minimum absolute atomic E-state index is 0. The molecule has 3 aromatic heterocycles. The molecule has 0 saturated carbocycles. The van der Waals surface area contributed by atoms with Crippen molar-refractivity contribution in [3.63, 3.8) is 0 Å². The SMILES string of the molecule is CCC(C)(CC)C(=O)/C=C(\O)C(C)(CC)CC.Cc1c(CC(C)C)oc2cccc(-c3sc4ccnc(-c5[c-]c6ccccc6c(C(C)(C)C)c5)c4c3C)c12.[Ir]. The Hall–Kier alpha value is -3.57. The van der Waals surface area contributed by atoms with Gasteiger partial charge in [-0.05, 0) is 79.5 Å². The number of carbonyl (C=O) groups is 1. The predicted molar refractivity (Wildman–Crippen MR) is 236 cm³/mol. The zero-order valence-corrected chi connectivity index (χ0v) is 39.1. The molecule has 0 aliphatic heterocycles. The zero-order chi connectivity index (χ0) is 40.5. The van der Waals surface area contributed by atoms with Gasteiger partial charge in [0.05, 0.1) is 0 Å². The first-order chi connectivity index (χ1) is 25.9. The van der Waals surface area contributed by atoms with Gasteiger partial charge in [0.15, 0.2) is 5.78 Å². The second kappa shape index (κ2) is 17.9. The number of aliphatic hydroxyl groups excluding tert-OH is 1. The van der Waals surface area contributed by atoms with Crippen molar-refractivity contribution >= 4 is 48.9 Å². The summed E-state index contributed by atoms with van der Waals surface area (Å²) in [5, 5.41) is 15.0. The average Bonchev–Trinajstić information content (AvgIpc) is 3.68. The topological polar surface area (TPSA) is 63.3 Å². The van der Waals surface area contributed by atoms with Crippen LogP contribution < -0.4 is 0 Å². The number of hydrogen-bond donors (Lipinski definition) is 1. The van der Waals surface area contributed by atoms with E-state index in [0.717, 1.165) is 60.1 Å². The minimum atomic E-state index is -0.337. The van der Waals surface area contributed by atoms with E-state index >= 15 is 0 Å². The van der Waals surface area contributed by atoms with Crippen molar-refractivity contribution in [1.82, 2.24) is 4.98 Å². The van der Waals surface area contributed by atoms with Crippen molar-refractivity contribution in [2.45, 2.75) is 128 Å². The van der Waals surface area contributed by atoms with Gasteiger partial charge in [0, 0.05) is 75.8 Å². The molecule has 0 fully saturated rings. The molecule has 0 aliphatic rings. The molecular weight excluding hydrogens is 887 g/mol. The molecule has 0 atom stereocenters. The maximum absolute atomic E-state index is 12.2. The summed E-state index contributed by atoms with van der Waals surface area (Å²) >= 11 is 1.85. The molecule has 301 valence electrons. The van der Waals surface area contributed by atoms with E-state index in [0.29, 0.717) is 5.92 Å². The number of rotatable bonds is 11. The number of furan rings is 1. The summed E-state index contributed by atoms with van der Waals surface area (Å²) in [4.78, 5) is 18.4. The van der Waals surface area contributed by atoms with Gasteiger partial charge in [-0.2, -0.15) is 0 Å². The van der Waals surface area contributed by atoms with Crippen LogP contribution in [0.2, 0.25) is 0 Å². The van der Waals surface area contributed by atoms with Crippen LogP contribution in [0.15, 0.2) is 77.0 Å². The number of pyridine rings is 1. The monoisotopic (exact) mass is 949 g/mol. The fourth-order valence-corrected chi connectivity index (χ4v) is 8.66. The maximum atomic E-state index is 12.2. The fourth-order valence-electron chi connectivity index (χ4n) is 7.42. The van der Waals surface area contributed by atoms with E-state index in [2.05, 4.69) is 109 Å². The van der Waals surface area contributed by atoms with Crippen LogP contribution in [0.5, 0.6) is 0 Å². The van der Waals surface area contributed by atoms with Crippen LogP contribution >= 0.6 is 11.3 Å². The summed E-state index contributed by atoms with van der Waals surface area (Å²) in [5.41, 5.74) is 7.56. The zero-order valence-electron chi connectivity index (χ0n) is 35.9. The number of ketones is 1. The Morgan fingerprint density at radius 2 is 1.52 bits per heavy atom. The molecule has 6 aromatic rings. The van der Waals surface area contributed by atoms with Crippen molar-refractivity contribution in [2.24, 2.45) is 16.7 Å². The van der Waals surface area contributed by atoms with Crippen LogP contribution in [0.4, 0.5) is 0 Å². The van der Waals surface area contributed by atoms with E-state index in [9.17, 15) is 9.90 Å². The van der Waals surface area contributed by atoms with E-state index in [-0.39, 0.29) is 47.9 Å². The van der Waals surface area contributed by atoms with Crippen molar-refractivity contribution in [3.8, 4) is 21.7 Å². The van der Waals surface area contributed by atoms with Gasteiger partial charge in [-0.15, -0.1) is 40.5 Å². The molecule has 0 unspecified atom stereocenters. The van der Waals surface area contributed by atoms with Crippen LogP contribution in [0, 0.1) is 36.7 Å². The van der Waals surface area contributed by atoms with Crippen molar-refractivity contribution in [3.05, 3.63) is 101 Å². The number of hydrogen-bond acceptors (Lipinski definition) is 5. The number of aryl methyl sites for hydroxylation is 2. The van der Waals surface area contributed by atoms with E-state index in [1.54, 1.807) is 0 Å². The maximum Gasteiger partial charge on any atom is 0.164 e. The molecule has 4 nitrogen and oxygen atoms in total. The number of aromatic nitrogens is 1. The first-order valence-corrected chi connectivity index (χ1v) is 21.0. The molecule has 0 aliphatic carbocycles. The standard InChI is InChI=1S/C35H34NOS.C15H28O2.Ir/c1-20(2)17-29-21(3)31-26(13-10-14-28(31)37-29)34-22(4)32-30(38-34)15-16-36-33(32)24-18-23-11-8-9-12-25(23)27(19-24)35(5,6)7;1-7-14(5,8-2)12(16)11-13(17)15(6,9-3)10-4;/h8-16,19-20H,17H2,1-7H3;11,16H,7-10H2,1-6H3;/q-1;;/b;12-11-;. The third-order valence-corrected chi connectivity index (χ3v) is 13.5. The minimum Gasteiger partial charge on any atom is -0.512 e. The Morgan fingerprint density at radius 1 is 0.875 bits per heavy atom. The first-order valence-electron chi connectivity index (χ1n) is 20.2. The van der Waals surface area contributed by atoms with Gasteiger partial charge in [-0.1, -0.05) is 117 Å². The van der Waals surface area contributed by atoms with Crippen molar-refractivity contribution in [2.75, 3.05) is 0 Å². The van der Waals surface area contributed by atoms with Gasteiger partial charge in [-0.25, -0.2) is 0 Å². The fraction of sp³-hybridized carbons (Fsp3) is 0.440. The molecule has 0 amide bonds. The number of allylic oxidation sites excluding steroid dienone is 2. The predicted octanol–water partition coefficient (Wildman–Crippen LogP) is 15.1. The van der Waals surface area contributed by atoms with E-state index in [1.807, 2.05) is 59.1 Å². The molecule has 6 heteroatoms. The van der Waals surface area contributed by atoms with E-state index < -0.39 is 0 Å². The quantitative estimate of drug-likeness (QED) is 0.0798. The summed E-state index contributed by atoms with van der Waals surface area (Å²) < 4.78 is 7.60. The Labute approximate surface area is 353 Å². The Kier molecular flexibility index (Phi) is 14.4. The molecule has 0 spiro atoms. The third kappa shape index (κ3) is 8.94. The molecule has 1 radical (unpaired) electrons. The van der Waals surface area contributed by atoms with Gasteiger partial charge in [0.25, 0.3) is 0 Å². The molecule has 1 N–H and O–H groups in total. The van der Waals surface area contributed by atoms with E-state index in [1.165, 1.54) is 54.1 Å². The molecule has 56 heavy (non-hydrogen) atoms. The Morgan fingerprint density at radius 3 is 2.12 bits per heavy atom. The first kappa shape index (κ1) is 45.1. The Bertz CT molecular complexity index is 2340. The largest absolute Gasteiger partial charge is 0.512 e. The second-order valence-electron chi connectivity index (χ2n) is 17.3. The Balaban J connectivity index is 0.000000330. The summed E-state index contributed by atoms with van der Waals surface area (Å²) in [5.74, 6) is 1.94. The average molecular weight is 949 g/mol. The van der Waals surface area contributed by atoms with Crippen LogP contribution in [0.25, 0.3) is 53.5 Å². The number of aliphatic hydroxyl groups is 1. The number of carbonyl (C=O) groups excluding carboxylic acids is 1. The summed E-state index contributed by atoms with van der Waals surface area (Å²) in [7, 11) is 0. The van der Waals surface area contributed by atoms with Gasteiger partial charge in [-0.3, -0.25) is 9.78 Å². The number of thiophene rings is 1. The van der Waals surface area contributed by atoms with Crippen LogP contribution in [0.1, 0.15) is 124 Å². The summed E-state index contributed by atoms with van der Waals surface area (Å²) in [6, 6.07) is 23.2. The molecule has 6 rings (SSSR count). The smallest absolute Gasteiger partial charge is 0.164 e. The number of fused-ring (bicyclic) bond motifs is 3. The third-order valence-electron chi connectivity index (χ3n) is 12.2. The molecule has 3 aromatic carbocycles. The summed E-state index contributed by atoms with van der Waals surface area (Å²) in [6.45, 7) is 27.9. The number of benzene rings is 3. The van der Waals surface area contributed by atoms with Gasteiger partial charge in [0.1, 0.15) is 17.1 Å². The van der Waals surface area contributed by atoms with E-state index in [4.69, 9.17) is 9.40 Å².